The maximum absolute atomic E-state index is 12.7. The first-order chi connectivity index (χ1) is 9.32. The third kappa shape index (κ3) is 2.74. The van der Waals surface area contributed by atoms with Gasteiger partial charge in [0, 0.05) is 5.56 Å². The summed E-state index contributed by atoms with van der Waals surface area (Å²) in [6.45, 7) is 3.50. The Labute approximate surface area is 115 Å². The Morgan fingerprint density at radius 3 is 2.15 bits per heavy atom. The number of benzene rings is 2. The van der Waals surface area contributed by atoms with Crippen LogP contribution in [0.3, 0.4) is 0 Å². The van der Waals surface area contributed by atoms with E-state index in [1.165, 1.54) is 6.07 Å². The van der Waals surface area contributed by atoms with Crippen LogP contribution < -0.4 is 0 Å². The maximum Gasteiger partial charge on any atom is 0.416 e. The molecule has 0 aliphatic heterocycles. The molecule has 0 aromatic heterocycles. The molecular weight excluding hydrogens is 265 g/mol. The first-order valence-corrected chi connectivity index (χ1v) is 6.07. The Kier molecular flexibility index (Phi) is 3.66. The zero-order valence-corrected chi connectivity index (χ0v) is 11.1. The van der Waals surface area contributed by atoms with Crippen LogP contribution in [0.15, 0.2) is 36.4 Å². The van der Waals surface area contributed by atoms with Crippen LogP contribution in [0.1, 0.15) is 27.0 Å². The van der Waals surface area contributed by atoms with E-state index in [4.69, 9.17) is 0 Å². The van der Waals surface area contributed by atoms with E-state index in [0.29, 0.717) is 16.7 Å². The zero-order valence-electron chi connectivity index (χ0n) is 11.1. The highest BCUT2D eigenvalue weighted by Gasteiger charge is 2.30. The van der Waals surface area contributed by atoms with Gasteiger partial charge in [0.05, 0.1) is 5.56 Å². The van der Waals surface area contributed by atoms with Crippen molar-refractivity contribution in [3.8, 4) is 11.1 Å². The predicted octanol–water partition coefficient (Wildman–Crippen LogP) is 4.80. The molecule has 0 aliphatic rings. The summed E-state index contributed by atoms with van der Waals surface area (Å²) in [7, 11) is 0. The fraction of sp³-hybridized carbons (Fsp3) is 0.188. The van der Waals surface area contributed by atoms with Gasteiger partial charge in [-0.15, -0.1) is 0 Å². The van der Waals surface area contributed by atoms with Gasteiger partial charge in [-0.2, -0.15) is 13.2 Å². The highest BCUT2D eigenvalue weighted by molar-refractivity contribution is 5.81. The van der Waals surface area contributed by atoms with Crippen LogP contribution in [0.4, 0.5) is 13.2 Å². The summed E-state index contributed by atoms with van der Waals surface area (Å²) in [6.07, 6.45) is -3.62. The smallest absolute Gasteiger partial charge is 0.298 e. The molecule has 0 saturated heterocycles. The van der Waals surface area contributed by atoms with E-state index in [1.807, 2.05) is 6.92 Å². The molecule has 1 nitrogen and oxygen atoms in total. The van der Waals surface area contributed by atoms with Crippen molar-refractivity contribution in [1.82, 2.24) is 0 Å². The number of hydrogen-bond donors (Lipinski definition) is 0. The van der Waals surface area contributed by atoms with Crippen molar-refractivity contribution in [1.29, 1.82) is 0 Å². The van der Waals surface area contributed by atoms with E-state index in [0.717, 1.165) is 29.5 Å². The fourth-order valence-corrected chi connectivity index (χ4v) is 2.15. The molecule has 0 heterocycles. The van der Waals surface area contributed by atoms with E-state index >= 15 is 0 Å². The summed E-state index contributed by atoms with van der Waals surface area (Å²) < 4.78 is 38.0. The lowest BCUT2D eigenvalue weighted by Gasteiger charge is -2.13. The summed E-state index contributed by atoms with van der Waals surface area (Å²) in [5.41, 5.74) is 2.78. The molecule has 0 saturated carbocycles. The quantitative estimate of drug-likeness (QED) is 0.721. The first kappa shape index (κ1) is 14.3. The number of aldehydes is 1. The largest absolute Gasteiger partial charge is 0.416 e. The number of rotatable bonds is 2. The summed E-state index contributed by atoms with van der Waals surface area (Å²) >= 11 is 0. The Balaban J connectivity index is 2.57. The number of hydrogen-bond acceptors (Lipinski definition) is 1. The molecule has 4 heteroatoms. The van der Waals surface area contributed by atoms with E-state index in [2.05, 4.69) is 0 Å². The summed E-state index contributed by atoms with van der Waals surface area (Å²) in [5.74, 6) is 0. The molecule has 20 heavy (non-hydrogen) atoms. The normalized spacial score (nSPS) is 11.4. The van der Waals surface area contributed by atoms with Crippen LogP contribution in [-0.4, -0.2) is 6.29 Å². The number of carbonyl (C=O) groups is 1. The molecule has 0 N–H and O–H groups in total. The molecule has 0 aliphatic carbocycles. The molecule has 104 valence electrons. The Bertz CT molecular complexity index is 657. The Hall–Kier alpha value is -2.10. The summed E-state index contributed by atoms with van der Waals surface area (Å²) in [4.78, 5) is 10.8. The third-order valence-electron chi connectivity index (χ3n) is 3.24. The molecule has 0 spiro atoms. The van der Waals surface area contributed by atoms with Gasteiger partial charge < -0.3 is 0 Å². The van der Waals surface area contributed by atoms with Crippen molar-refractivity contribution in [2.45, 2.75) is 20.0 Å². The van der Waals surface area contributed by atoms with Crippen LogP contribution in [0.25, 0.3) is 11.1 Å². The number of halogens is 3. The van der Waals surface area contributed by atoms with Crippen molar-refractivity contribution in [2.75, 3.05) is 0 Å². The Morgan fingerprint density at radius 2 is 1.60 bits per heavy atom. The van der Waals surface area contributed by atoms with E-state index in [-0.39, 0.29) is 0 Å². The highest BCUT2D eigenvalue weighted by Crippen LogP contribution is 2.34. The predicted molar refractivity (Wildman–Crippen MR) is 71.7 cm³/mol. The van der Waals surface area contributed by atoms with Gasteiger partial charge in [0.2, 0.25) is 0 Å². The van der Waals surface area contributed by atoms with Crippen LogP contribution in [-0.2, 0) is 6.18 Å². The molecule has 2 aromatic carbocycles. The van der Waals surface area contributed by atoms with E-state index in [1.54, 1.807) is 25.1 Å². The van der Waals surface area contributed by atoms with Gasteiger partial charge in [-0.25, -0.2) is 0 Å². The molecule has 0 fully saturated rings. The molecule has 0 bridgehead atoms. The van der Waals surface area contributed by atoms with Crippen molar-refractivity contribution in [3.05, 3.63) is 58.7 Å². The molecule has 0 unspecified atom stereocenters. The van der Waals surface area contributed by atoms with Gasteiger partial charge >= 0.3 is 6.18 Å². The van der Waals surface area contributed by atoms with Gasteiger partial charge in [0.1, 0.15) is 6.29 Å². The van der Waals surface area contributed by atoms with Gasteiger partial charge in [-0.05, 0) is 54.3 Å². The van der Waals surface area contributed by atoms with Crippen molar-refractivity contribution >= 4 is 6.29 Å². The zero-order chi connectivity index (χ0) is 14.9. The molecule has 0 amide bonds. The van der Waals surface area contributed by atoms with Crippen LogP contribution in [0, 0.1) is 13.8 Å². The lowest BCUT2D eigenvalue weighted by Crippen LogP contribution is -2.05. The average Bonchev–Trinajstić information content (AvgIpc) is 2.38. The van der Waals surface area contributed by atoms with E-state index < -0.39 is 11.7 Å². The van der Waals surface area contributed by atoms with Gasteiger partial charge in [0.25, 0.3) is 0 Å². The van der Waals surface area contributed by atoms with Crippen molar-refractivity contribution in [3.63, 3.8) is 0 Å². The monoisotopic (exact) mass is 278 g/mol. The van der Waals surface area contributed by atoms with E-state index in [9.17, 15) is 18.0 Å². The molecular formula is C16H13F3O. The summed E-state index contributed by atoms with van der Waals surface area (Å²) in [6, 6.07) is 8.81. The average molecular weight is 278 g/mol. The lowest BCUT2D eigenvalue weighted by molar-refractivity contribution is -0.137. The number of alkyl halides is 3. The van der Waals surface area contributed by atoms with Crippen molar-refractivity contribution in [2.24, 2.45) is 0 Å². The van der Waals surface area contributed by atoms with Crippen LogP contribution >= 0.6 is 0 Å². The fourth-order valence-electron chi connectivity index (χ4n) is 2.15. The molecule has 2 aromatic rings. The minimum absolute atomic E-state index is 0.505. The number of aryl methyl sites for hydroxylation is 2. The first-order valence-electron chi connectivity index (χ1n) is 6.07. The van der Waals surface area contributed by atoms with Gasteiger partial charge in [-0.3, -0.25) is 4.79 Å². The Morgan fingerprint density at radius 1 is 0.900 bits per heavy atom. The second-order valence-corrected chi connectivity index (χ2v) is 4.72. The summed E-state index contributed by atoms with van der Waals surface area (Å²) in [5, 5.41) is 0. The minimum Gasteiger partial charge on any atom is -0.298 e. The third-order valence-corrected chi connectivity index (χ3v) is 3.24. The van der Waals surface area contributed by atoms with Crippen LogP contribution in [0.5, 0.6) is 0 Å². The second-order valence-electron chi connectivity index (χ2n) is 4.72. The minimum atomic E-state index is -4.34. The topological polar surface area (TPSA) is 17.1 Å². The van der Waals surface area contributed by atoms with Gasteiger partial charge in [-0.1, -0.05) is 18.2 Å². The molecule has 2 rings (SSSR count). The second kappa shape index (κ2) is 5.12. The molecule has 0 atom stereocenters. The molecule has 0 radical (unpaired) electrons. The standard InChI is InChI=1S/C16H13F3O/c1-10-3-4-12(9-20)8-15(10)14-6-5-13(7-11(14)2)16(17,18)19/h3-9H,1-2H3. The maximum atomic E-state index is 12.7. The van der Waals surface area contributed by atoms with Gasteiger partial charge in [0.15, 0.2) is 0 Å². The SMILES string of the molecule is Cc1cc(C(F)(F)F)ccc1-c1cc(C=O)ccc1C. The van der Waals surface area contributed by atoms with Crippen molar-refractivity contribution < 1.29 is 18.0 Å². The number of carbonyl (C=O) groups excluding carboxylic acids is 1. The van der Waals surface area contributed by atoms with Crippen LogP contribution in [0.2, 0.25) is 0 Å². The highest BCUT2D eigenvalue weighted by atomic mass is 19.4. The lowest BCUT2D eigenvalue weighted by atomic mass is 9.94.